The van der Waals surface area contributed by atoms with Gasteiger partial charge in [0.25, 0.3) is 0 Å². The molecule has 0 aliphatic carbocycles. The van der Waals surface area contributed by atoms with Crippen molar-refractivity contribution >= 4 is 18.1 Å². The van der Waals surface area contributed by atoms with Crippen molar-refractivity contribution in [3.63, 3.8) is 0 Å². The van der Waals surface area contributed by atoms with E-state index in [9.17, 15) is 9.59 Å². The third-order valence-corrected chi connectivity index (χ3v) is 2.12. The average Bonchev–Trinajstić information content (AvgIpc) is 2.44. The summed E-state index contributed by atoms with van der Waals surface area (Å²) >= 11 is 0. The van der Waals surface area contributed by atoms with Gasteiger partial charge in [-0.05, 0) is 17.7 Å². The summed E-state index contributed by atoms with van der Waals surface area (Å²) in [6, 6.07) is 3.06. The number of carbonyl (C=O) groups is 2. The normalized spacial score (nSPS) is 10.4. The Labute approximate surface area is 111 Å². The van der Waals surface area contributed by atoms with E-state index in [2.05, 4.69) is 23.5 Å². The fourth-order valence-electron chi connectivity index (χ4n) is 1.18. The molecule has 5 heteroatoms. The van der Waals surface area contributed by atoms with Crippen LogP contribution in [0.3, 0.4) is 0 Å². The first kappa shape index (κ1) is 14.4. The van der Waals surface area contributed by atoms with Gasteiger partial charge < -0.3 is 4.74 Å². The predicted octanol–water partition coefficient (Wildman–Crippen LogP) is 2.74. The zero-order chi connectivity index (χ0) is 14.1. The van der Waals surface area contributed by atoms with Crippen molar-refractivity contribution in [3.8, 4) is 0 Å². The Balaban J connectivity index is 2.50. The Bertz CT molecular complexity index is 504. The quantitative estimate of drug-likeness (QED) is 0.629. The summed E-state index contributed by atoms with van der Waals surface area (Å²) in [7, 11) is 0. The summed E-state index contributed by atoms with van der Waals surface area (Å²) in [5, 5.41) is 2.49. The van der Waals surface area contributed by atoms with Gasteiger partial charge >= 0.3 is 6.09 Å². The van der Waals surface area contributed by atoms with E-state index >= 15 is 0 Å². The van der Waals surface area contributed by atoms with Gasteiger partial charge in [-0.2, -0.15) is 0 Å². The molecule has 0 spiro atoms. The molecule has 5 nitrogen and oxygen atoms in total. The number of pyridine rings is 1. The second kappa shape index (κ2) is 7.60. The lowest BCUT2D eigenvalue weighted by Crippen LogP contribution is -2.15. The Morgan fingerprint density at radius 2 is 2.21 bits per heavy atom. The lowest BCUT2D eigenvalue weighted by Gasteiger charge is -2.07. The van der Waals surface area contributed by atoms with Crippen molar-refractivity contribution in [3.05, 3.63) is 61.0 Å². The van der Waals surface area contributed by atoms with Gasteiger partial charge in [0.15, 0.2) is 6.29 Å². The number of rotatable bonds is 6. The van der Waals surface area contributed by atoms with Crippen molar-refractivity contribution in [2.75, 3.05) is 11.9 Å². The highest BCUT2D eigenvalue weighted by Gasteiger charge is 2.04. The molecule has 0 unspecified atom stereocenters. The molecule has 0 saturated heterocycles. The fraction of sp³-hybridized carbons (Fsp3) is 0.0714. The van der Waals surface area contributed by atoms with Crippen molar-refractivity contribution in [2.45, 2.75) is 0 Å². The van der Waals surface area contributed by atoms with Crippen LogP contribution in [0.2, 0.25) is 0 Å². The van der Waals surface area contributed by atoms with Gasteiger partial charge in [0.05, 0.1) is 11.9 Å². The van der Waals surface area contributed by atoms with Crippen molar-refractivity contribution < 1.29 is 14.3 Å². The lowest BCUT2D eigenvalue weighted by atomic mass is 10.2. The van der Waals surface area contributed by atoms with Gasteiger partial charge in [-0.25, -0.2) is 4.79 Å². The Morgan fingerprint density at radius 1 is 1.42 bits per heavy atom. The van der Waals surface area contributed by atoms with Gasteiger partial charge in [-0.15, -0.1) is 0 Å². The maximum Gasteiger partial charge on any atom is 0.412 e. The summed E-state index contributed by atoms with van der Waals surface area (Å²) in [4.78, 5) is 25.7. The molecule has 1 rings (SSSR count). The first-order valence-corrected chi connectivity index (χ1v) is 5.48. The van der Waals surface area contributed by atoms with Crippen LogP contribution >= 0.6 is 0 Å². The third kappa shape index (κ3) is 4.99. The van der Waals surface area contributed by atoms with E-state index in [0.29, 0.717) is 17.7 Å². The van der Waals surface area contributed by atoms with Crippen LogP contribution < -0.4 is 5.32 Å². The summed E-state index contributed by atoms with van der Waals surface area (Å²) in [5.74, 6) is 0. The SMILES string of the molecule is C=C/C=C(\C=C)COC(=O)Nc1ccc(C=O)nc1. The van der Waals surface area contributed by atoms with E-state index in [1.807, 2.05) is 0 Å². The molecule has 19 heavy (non-hydrogen) atoms. The van der Waals surface area contributed by atoms with E-state index in [4.69, 9.17) is 4.74 Å². The lowest BCUT2D eigenvalue weighted by molar-refractivity contribution is 0.111. The van der Waals surface area contributed by atoms with E-state index in [0.717, 1.165) is 5.57 Å². The number of allylic oxidation sites excluding steroid dienone is 2. The minimum absolute atomic E-state index is 0.0984. The smallest absolute Gasteiger partial charge is 0.412 e. The highest BCUT2D eigenvalue weighted by molar-refractivity contribution is 5.84. The molecule has 1 aromatic heterocycles. The maximum absolute atomic E-state index is 11.5. The van der Waals surface area contributed by atoms with E-state index in [-0.39, 0.29) is 6.61 Å². The molecule has 0 atom stereocenters. The molecule has 0 fully saturated rings. The summed E-state index contributed by atoms with van der Waals surface area (Å²) in [6.45, 7) is 7.23. The number of amides is 1. The Hall–Kier alpha value is -2.69. The molecule has 1 heterocycles. The third-order valence-electron chi connectivity index (χ3n) is 2.12. The first-order valence-electron chi connectivity index (χ1n) is 5.48. The van der Waals surface area contributed by atoms with Crippen LogP contribution in [0.15, 0.2) is 55.3 Å². The number of aldehydes is 1. The molecule has 0 bridgehead atoms. The van der Waals surface area contributed by atoms with E-state index in [1.54, 1.807) is 24.3 Å². The Kier molecular flexibility index (Phi) is 5.75. The molecule has 1 aromatic rings. The predicted molar refractivity (Wildman–Crippen MR) is 73.1 cm³/mol. The van der Waals surface area contributed by atoms with Gasteiger partial charge in [0.1, 0.15) is 12.3 Å². The average molecular weight is 258 g/mol. The number of nitrogens with zero attached hydrogens (tertiary/aromatic N) is 1. The fourth-order valence-corrected chi connectivity index (χ4v) is 1.18. The molecular weight excluding hydrogens is 244 g/mol. The molecule has 0 aromatic carbocycles. The number of nitrogens with one attached hydrogen (secondary N) is 1. The summed E-state index contributed by atoms with van der Waals surface area (Å²) in [6.07, 6.45) is 6.24. The largest absolute Gasteiger partial charge is 0.444 e. The number of ether oxygens (including phenoxy) is 1. The number of carbonyl (C=O) groups excluding carboxylic acids is 2. The van der Waals surface area contributed by atoms with Gasteiger partial charge in [-0.3, -0.25) is 15.1 Å². The van der Waals surface area contributed by atoms with Gasteiger partial charge in [0.2, 0.25) is 0 Å². The molecule has 1 N–H and O–H groups in total. The number of aromatic nitrogens is 1. The maximum atomic E-state index is 11.5. The van der Waals surface area contributed by atoms with E-state index < -0.39 is 6.09 Å². The Morgan fingerprint density at radius 3 is 2.74 bits per heavy atom. The van der Waals surface area contributed by atoms with Crippen LogP contribution in [-0.2, 0) is 4.74 Å². The van der Waals surface area contributed by atoms with Gasteiger partial charge in [0, 0.05) is 0 Å². The van der Waals surface area contributed by atoms with Crippen molar-refractivity contribution in [2.24, 2.45) is 0 Å². The monoisotopic (exact) mass is 258 g/mol. The first-order chi connectivity index (χ1) is 9.19. The van der Waals surface area contributed by atoms with Gasteiger partial charge in [-0.1, -0.05) is 31.4 Å². The molecule has 0 aliphatic rings. The minimum Gasteiger partial charge on any atom is -0.444 e. The molecule has 1 amide bonds. The molecule has 0 aliphatic heterocycles. The van der Waals surface area contributed by atoms with Crippen LogP contribution in [-0.4, -0.2) is 24.0 Å². The second-order valence-electron chi connectivity index (χ2n) is 3.47. The second-order valence-corrected chi connectivity index (χ2v) is 3.47. The number of hydrogen-bond donors (Lipinski definition) is 1. The number of hydrogen-bond acceptors (Lipinski definition) is 4. The molecule has 98 valence electrons. The topological polar surface area (TPSA) is 68.3 Å². The van der Waals surface area contributed by atoms with Crippen LogP contribution in [0, 0.1) is 0 Å². The van der Waals surface area contributed by atoms with Crippen molar-refractivity contribution in [1.82, 2.24) is 4.98 Å². The molecular formula is C14H14N2O3. The number of anilines is 1. The minimum atomic E-state index is -0.613. The van der Waals surface area contributed by atoms with E-state index in [1.165, 1.54) is 12.3 Å². The van der Waals surface area contributed by atoms with Crippen molar-refractivity contribution in [1.29, 1.82) is 0 Å². The van der Waals surface area contributed by atoms with Crippen LogP contribution in [0.4, 0.5) is 10.5 Å². The van der Waals surface area contributed by atoms with Crippen LogP contribution in [0.1, 0.15) is 10.5 Å². The molecule has 0 saturated carbocycles. The zero-order valence-electron chi connectivity index (χ0n) is 10.3. The van der Waals surface area contributed by atoms with Crippen LogP contribution in [0.25, 0.3) is 0 Å². The highest BCUT2D eigenvalue weighted by atomic mass is 16.5. The highest BCUT2D eigenvalue weighted by Crippen LogP contribution is 2.06. The zero-order valence-corrected chi connectivity index (χ0v) is 10.3. The summed E-state index contributed by atoms with van der Waals surface area (Å²) in [5.41, 5.74) is 1.48. The summed E-state index contributed by atoms with van der Waals surface area (Å²) < 4.78 is 4.97. The molecule has 0 radical (unpaired) electrons. The standard InChI is InChI=1S/C14H14N2O3/c1-3-5-11(4-2)10-19-14(18)16-12-6-7-13(9-17)15-8-12/h3-9H,1-2,10H2,(H,16,18)/b11-5+. The van der Waals surface area contributed by atoms with Crippen LogP contribution in [0.5, 0.6) is 0 Å².